The number of nitrogens with one attached hydrogen (secondary N) is 1. The van der Waals surface area contributed by atoms with E-state index < -0.39 is 0 Å². The van der Waals surface area contributed by atoms with Gasteiger partial charge in [0.05, 0.1) is 34.5 Å². The summed E-state index contributed by atoms with van der Waals surface area (Å²) in [4.78, 5) is 0. The average Bonchev–Trinajstić information content (AvgIpc) is 3.43. The molecule has 6 heteroatoms. The maximum Gasteiger partial charge on any atom is 0.0933 e. The van der Waals surface area contributed by atoms with Crippen molar-refractivity contribution < 1.29 is 0 Å². The molecular formula is C23H18N6. The molecule has 0 aliphatic carbocycles. The first kappa shape index (κ1) is 16.1. The van der Waals surface area contributed by atoms with Gasteiger partial charge in [-0.15, -0.1) is 0 Å². The molecule has 0 aliphatic rings. The number of hydrogen-bond acceptors (Lipinski definition) is 3. The minimum atomic E-state index is 0.728. The number of aryl methyl sites for hydroxylation is 1. The van der Waals surface area contributed by atoms with Crippen molar-refractivity contribution >= 4 is 27.3 Å². The molecule has 0 atom stereocenters. The van der Waals surface area contributed by atoms with Crippen LogP contribution in [0.3, 0.4) is 0 Å². The highest BCUT2D eigenvalue weighted by atomic mass is 15.3. The smallest absolute Gasteiger partial charge is 0.0933 e. The minimum absolute atomic E-state index is 0.728. The topological polar surface area (TPSA) is 63.8 Å². The second-order valence-electron chi connectivity index (χ2n) is 7.39. The maximum absolute atomic E-state index is 4.75. The van der Waals surface area contributed by atoms with Crippen LogP contribution in [0.15, 0.2) is 73.1 Å². The van der Waals surface area contributed by atoms with Gasteiger partial charge >= 0.3 is 0 Å². The van der Waals surface area contributed by atoms with Gasteiger partial charge in [0, 0.05) is 28.7 Å². The molecule has 0 saturated heterocycles. The first-order valence-electron chi connectivity index (χ1n) is 9.58. The van der Waals surface area contributed by atoms with E-state index in [-0.39, 0.29) is 0 Å². The molecule has 0 spiro atoms. The Kier molecular flexibility index (Phi) is 3.34. The fourth-order valence-corrected chi connectivity index (χ4v) is 3.87. The minimum Gasteiger partial charge on any atom is -0.278 e. The number of H-pyrrole nitrogens is 1. The van der Waals surface area contributed by atoms with Crippen LogP contribution in [-0.4, -0.2) is 29.6 Å². The van der Waals surface area contributed by atoms with Crippen molar-refractivity contribution in [3.05, 3.63) is 84.3 Å². The number of rotatable bonds is 3. The number of fused-ring (bicyclic) bond motifs is 3. The predicted molar refractivity (Wildman–Crippen MR) is 114 cm³/mol. The van der Waals surface area contributed by atoms with Crippen molar-refractivity contribution in [2.75, 3.05) is 0 Å². The van der Waals surface area contributed by atoms with E-state index in [1.54, 1.807) is 0 Å². The van der Waals surface area contributed by atoms with Crippen molar-refractivity contribution in [3.63, 3.8) is 0 Å². The predicted octanol–water partition coefficient (Wildman–Crippen LogP) is 4.58. The summed E-state index contributed by atoms with van der Waals surface area (Å²) >= 11 is 0. The summed E-state index contributed by atoms with van der Waals surface area (Å²) in [6.45, 7) is 2.74. The Morgan fingerprint density at radius 1 is 0.966 bits per heavy atom. The van der Waals surface area contributed by atoms with Crippen LogP contribution in [0, 0.1) is 6.92 Å². The molecule has 140 valence electrons. The standard InChI is InChI=1S/C23H18N6/c1-15-20-11-17(6-7-22(20)25-24-15)23-12-19-10-16(8-9-29(19)27-23)13-28-14-18-4-2-3-5-21(18)26-28/h2-12,14H,13H2,1H3,(H,24,25). The number of aromatic nitrogens is 6. The zero-order chi connectivity index (χ0) is 19.4. The lowest BCUT2D eigenvalue weighted by atomic mass is 10.1. The third-order valence-corrected chi connectivity index (χ3v) is 5.38. The van der Waals surface area contributed by atoms with Crippen LogP contribution in [0.1, 0.15) is 11.3 Å². The van der Waals surface area contributed by atoms with Gasteiger partial charge in [0.2, 0.25) is 0 Å². The normalized spacial score (nSPS) is 11.8. The van der Waals surface area contributed by atoms with Crippen molar-refractivity contribution in [1.29, 1.82) is 0 Å². The number of nitrogens with zero attached hydrogens (tertiary/aromatic N) is 5. The van der Waals surface area contributed by atoms with Gasteiger partial charge in [-0.25, -0.2) is 4.52 Å². The van der Waals surface area contributed by atoms with Gasteiger partial charge in [-0.05, 0) is 48.9 Å². The molecule has 2 aromatic carbocycles. The molecule has 0 amide bonds. The largest absolute Gasteiger partial charge is 0.278 e. The molecule has 0 bridgehead atoms. The van der Waals surface area contributed by atoms with Crippen molar-refractivity contribution in [3.8, 4) is 11.3 Å². The Bertz CT molecular complexity index is 1470. The molecule has 6 aromatic rings. The second-order valence-corrected chi connectivity index (χ2v) is 7.39. The van der Waals surface area contributed by atoms with Crippen LogP contribution in [-0.2, 0) is 6.54 Å². The Labute approximate surface area is 166 Å². The molecule has 6 rings (SSSR count). The quantitative estimate of drug-likeness (QED) is 0.490. The number of pyridine rings is 1. The van der Waals surface area contributed by atoms with Crippen LogP contribution >= 0.6 is 0 Å². The molecule has 4 aromatic heterocycles. The number of benzene rings is 2. The molecule has 29 heavy (non-hydrogen) atoms. The van der Waals surface area contributed by atoms with E-state index in [0.29, 0.717) is 0 Å². The highest BCUT2D eigenvalue weighted by molar-refractivity contribution is 5.86. The van der Waals surface area contributed by atoms with Crippen LogP contribution in [0.25, 0.3) is 38.6 Å². The fraction of sp³-hybridized carbons (Fsp3) is 0.0870. The molecule has 0 saturated carbocycles. The van der Waals surface area contributed by atoms with Crippen LogP contribution < -0.4 is 0 Å². The molecule has 1 N–H and O–H groups in total. The van der Waals surface area contributed by atoms with Crippen molar-refractivity contribution in [2.24, 2.45) is 0 Å². The first-order chi connectivity index (χ1) is 14.2. The van der Waals surface area contributed by atoms with E-state index in [0.717, 1.165) is 50.8 Å². The van der Waals surface area contributed by atoms with Crippen molar-refractivity contribution in [1.82, 2.24) is 29.6 Å². The van der Waals surface area contributed by atoms with Crippen LogP contribution in [0.2, 0.25) is 0 Å². The summed E-state index contributed by atoms with van der Waals surface area (Å²) in [5, 5.41) is 19.0. The first-order valence-corrected chi connectivity index (χ1v) is 9.58. The lowest BCUT2D eigenvalue weighted by Crippen LogP contribution is -2.00. The Balaban J connectivity index is 1.36. The summed E-state index contributed by atoms with van der Waals surface area (Å²) in [6.07, 6.45) is 4.10. The number of aromatic amines is 1. The van der Waals surface area contributed by atoms with Gasteiger partial charge in [0.15, 0.2) is 0 Å². The van der Waals surface area contributed by atoms with E-state index in [4.69, 9.17) is 5.10 Å². The lowest BCUT2D eigenvalue weighted by molar-refractivity contribution is 0.694. The van der Waals surface area contributed by atoms with Crippen molar-refractivity contribution in [2.45, 2.75) is 13.5 Å². The highest BCUT2D eigenvalue weighted by Gasteiger charge is 2.09. The maximum atomic E-state index is 4.75. The molecule has 0 unspecified atom stereocenters. The van der Waals surface area contributed by atoms with Crippen LogP contribution in [0.4, 0.5) is 0 Å². The monoisotopic (exact) mass is 378 g/mol. The SMILES string of the molecule is Cc1n[nH]c2ccc(-c3cc4cc(Cn5cc6ccccc6n5)ccn4n3)cc12. The third-order valence-electron chi connectivity index (χ3n) is 5.38. The molecular weight excluding hydrogens is 360 g/mol. The summed E-state index contributed by atoms with van der Waals surface area (Å²) in [5.41, 5.74) is 7.37. The summed E-state index contributed by atoms with van der Waals surface area (Å²) in [7, 11) is 0. The van der Waals surface area contributed by atoms with Gasteiger partial charge in [-0.1, -0.05) is 24.3 Å². The van der Waals surface area contributed by atoms with Gasteiger partial charge in [-0.3, -0.25) is 9.78 Å². The fourth-order valence-electron chi connectivity index (χ4n) is 3.87. The van der Waals surface area contributed by atoms with Gasteiger partial charge in [-0.2, -0.15) is 15.3 Å². The van der Waals surface area contributed by atoms with E-state index in [9.17, 15) is 0 Å². The zero-order valence-corrected chi connectivity index (χ0v) is 15.9. The Hall–Kier alpha value is -3.93. The molecule has 6 nitrogen and oxygen atoms in total. The second kappa shape index (κ2) is 6.04. The van der Waals surface area contributed by atoms with E-state index in [2.05, 4.69) is 64.0 Å². The van der Waals surface area contributed by atoms with E-state index in [1.165, 1.54) is 5.56 Å². The summed E-state index contributed by atoms with van der Waals surface area (Å²) in [5.74, 6) is 0. The zero-order valence-electron chi connectivity index (χ0n) is 15.9. The van der Waals surface area contributed by atoms with E-state index in [1.807, 2.05) is 40.5 Å². The Morgan fingerprint density at radius 2 is 1.90 bits per heavy atom. The Morgan fingerprint density at radius 3 is 2.83 bits per heavy atom. The van der Waals surface area contributed by atoms with Gasteiger partial charge < -0.3 is 0 Å². The van der Waals surface area contributed by atoms with Crippen LogP contribution in [0.5, 0.6) is 0 Å². The van der Waals surface area contributed by atoms with E-state index >= 15 is 0 Å². The molecule has 0 aliphatic heterocycles. The highest BCUT2D eigenvalue weighted by Crippen LogP contribution is 2.25. The molecule has 0 fully saturated rings. The average molecular weight is 378 g/mol. The lowest BCUT2D eigenvalue weighted by Gasteiger charge is -2.02. The third kappa shape index (κ3) is 2.69. The summed E-state index contributed by atoms with van der Waals surface area (Å²) in [6, 6.07) is 20.9. The molecule has 0 radical (unpaired) electrons. The molecule has 4 heterocycles. The van der Waals surface area contributed by atoms with Gasteiger partial charge in [0.25, 0.3) is 0 Å². The number of hydrogen-bond donors (Lipinski definition) is 1. The van der Waals surface area contributed by atoms with Gasteiger partial charge in [0.1, 0.15) is 0 Å². The summed E-state index contributed by atoms with van der Waals surface area (Å²) < 4.78 is 3.91.